The molecular weight excluding hydrogens is 275 g/mol. The van der Waals surface area contributed by atoms with Crippen LogP contribution >= 0.6 is 0 Å². The molecule has 116 valence electrons. The molecule has 0 aliphatic carbocycles. The smallest absolute Gasteiger partial charge is 0.150 e. The maximum absolute atomic E-state index is 14.0. The second kappa shape index (κ2) is 6.60. The highest BCUT2D eigenvalue weighted by Crippen LogP contribution is 2.33. The molecule has 3 rings (SSSR count). The predicted octanol–water partition coefficient (Wildman–Crippen LogP) is 0.718. The summed E-state index contributed by atoms with van der Waals surface area (Å²) in [5.74, 6) is 0.255. The highest BCUT2D eigenvalue weighted by Gasteiger charge is 2.24. The summed E-state index contributed by atoms with van der Waals surface area (Å²) >= 11 is 0. The van der Waals surface area contributed by atoms with E-state index in [1.165, 1.54) is 6.07 Å². The van der Waals surface area contributed by atoms with Gasteiger partial charge in [0, 0.05) is 26.2 Å². The number of anilines is 1. The standard InChI is InChI=1S/C15H21FN2O3/c16-13-2-1-3-14-15(13)18(6-9-21-14)11-12(19)10-17-4-7-20-8-5-17/h1-3,12,19H,4-11H2. The monoisotopic (exact) mass is 296 g/mol. The Morgan fingerprint density at radius 1 is 1.14 bits per heavy atom. The number of aliphatic hydroxyl groups is 1. The normalized spacial score (nSPS) is 20.8. The summed E-state index contributed by atoms with van der Waals surface area (Å²) in [5, 5.41) is 10.3. The molecule has 21 heavy (non-hydrogen) atoms. The van der Waals surface area contributed by atoms with E-state index in [-0.39, 0.29) is 5.82 Å². The number of rotatable bonds is 4. The number of ether oxygens (including phenoxy) is 2. The van der Waals surface area contributed by atoms with Crippen molar-refractivity contribution >= 4 is 5.69 Å². The van der Waals surface area contributed by atoms with E-state index in [1.807, 2.05) is 4.90 Å². The van der Waals surface area contributed by atoms with Crippen molar-refractivity contribution < 1.29 is 19.0 Å². The van der Waals surface area contributed by atoms with Crippen molar-refractivity contribution in [2.24, 2.45) is 0 Å². The molecule has 0 saturated carbocycles. The Kier molecular flexibility index (Phi) is 4.57. The molecule has 2 aliphatic heterocycles. The zero-order valence-electron chi connectivity index (χ0n) is 12.0. The van der Waals surface area contributed by atoms with Crippen LogP contribution in [0.2, 0.25) is 0 Å². The first-order valence-electron chi connectivity index (χ1n) is 7.38. The van der Waals surface area contributed by atoms with Gasteiger partial charge in [-0.3, -0.25) is 4.90 Å². The third-order valence-corrected chi connectivity index (χ3v) is 3.89. The molecular formula is C15H21FN2O3. The SMILES string of the molecule is OC(CN1CCOCC1)CN1CCOc2cccc(F)c21. The molecule has 1 unspecified atom stereocenters. The average Bonchev–Trinajstić information content (AvgIpc) is 2.48. The summed E-state index contributed by atoms with van der Waals surface area (Å²) in [6.07, 6.45) is -0.520. The fourth-order valence-electron chi connectivity index (χ4n) is 2.87. The van der Waals surface area contributed by atoms with Gasteiger partial charge >= 0.3 is 0 Å². The number of hydrogen-bond acceptors (Lipinski definition) is 5. The number of β-amino-alcohol motifs (C(OH)–C–C–N with tert-alkyl or cyclic N) is 1. The highest BCUT2D eigenvalue weighted by atomic mass is 19.1. The van der Waals surface area contributed by atoms with Crippen molar-refractivity contribution in [3.63, 3.8) is 0 Å². The van der Waals surface area contributed by atoms with Gasteiger partial charge in [-0.25, -0.2) is 4.39 Å². The van der Waals surface area contributed by atoms with Crippen LogP contribution < -0.4 is 9.64 Å². The van der Waals surface area contributed by atoms with Gasteiger partial charge in [-0.1, -0.05) is 6.07 Å². The van der Waals surface area contributed by atoms with Crippen molar-refractivity contribution in [2.45, 2.75) is 6.10 Å². The molecule has 2 heterocycles. The van der Waals surface area contributed by atoms with E-state index in [2.05, 4.69) is 4.90 Å². The largest absolute Gasteiger partial charge is 0.489 e. The van der Waals surface area contributed by atoms with E-state index in [0.29, 0.717) is 50.9 Å². The second-order valence-corrected chi connectivity index (χ2v) is 5.45. The fourth-order valence-corrected chi connectivity index (χ4v) is 2.87. The van der Waals surface area contributed by atoms with E-state index in [9.17, 15) is 9.50 Å². The zero-order chi connectivity index (χ0) is 14.7. The molecule has 1 saturated heterocycles. The van der Waals surface area contributed by atoms with Gasteiger partial charge < -0.3 is 19.5 Å². The summed E-state index contributed by atoms with van der Waals surface area (Å²) in [6.45, 7) is 5.20. The molecule has 0 bridgehead atoms. The van der Waals surface area contributed by atoms with E-state index >= 15 is 0 Å². The van der Waals surface area contributed by atoms with Gasteiger partial charge in [0.25, 0.3) is 0 Å². The van der Waals surface area contributed by atoms with Crippen molar-refractivity contribution in [1.29, 1.82) is 0 Å². The molecule has 0 radical (unpaired) electrons. The summed E-state index contributed by atoms with van der Waals surface area (Å²) in [5.41, 5.74) is 0.463. The van der Waals surface area contributed by atoms with Crippen LogP contribution in [0.15, 0.2) is 18.2 Å². The Morgan fingerprint density at radius 3 is 2.76 bits per heavy atom. The number of fused-ring (bicyclic) bond motifs is 1. The van der Waals surface area contributed by atoms with Gasteiger partial charge in [0.2, 0.25) is 0 Å². The van der Waals surface area contributed by atoms with Gasteiger partial charge in [0.05, 0.1) is 25.9 Å². The van der Waals surface area contributed by atoms with Crippen molar-refractivity contribution in [2.75, 3.05) is 57.4 Å². The number of morpholine rings is 1. The lowest BCUT2D eigenvalue weighted by atomic mass is 10.2. The lowest BCUT2D eigenvalue weighted by Gasteiger charge is -2.35. The summed E-state index contributed by atoms with van der Waals surface area (Å²) in [6, 6.07) is 4.83. The van der Waals surface area contributed by atoms with Crippen LogP contribution in [0.1, 0.15) is 0 Å². The van der Waals surface area contributed by atoms with Crippen LogP contribution in [0.5, 0.6) is 5.75 Å². The van der Waals surface area contributed by atoms with Crippen molar-refractivity contribution in [3.8, 4) is 5.75 Å². The number of nitrogens with zero attached hydrogens (tertiary/aromatic N) is 2. The third-order valence-electron chi connectivity index (χ3n) is 3.89. The summed E-state index contributed by atoms with van der Waals surface area (Å²) in [4.78, 5) is 4.05. The molecule has 5 nitrogen and oxygen atoms in total. The zero-order valence-corrected chi connectivity index (χ0v) is 12.0. The van der Waals surface area contributed by atoms with Crippen molar-refractivity contribution in [1.82, 2.24) is 4.90 Å². The molecule has 0 aromatic heterocycles. The molecule has 1 aromatic carbocycles. The molecule has 0 spiro atoms. The molecule has 1 fully saturated rings. The third kappa shape index (κ3) is 3.45. The molecule has 1 N–H and O–H groups in total. The number of aliphatic hydroxyl groups excluding tert-OH is 1. The van der Waals surface area contributed by atoms with Gasteiger partial charge in [0.15, 0.2) is 0 Å². The fraction of sp³-hybridized carbons (Fsp3) is 0.600. The first-order chi connectivity index (χ1) is 10.2. The van der Waals surface area contributed by atoms with Crippen LogP contribution in [0.4, 0.5) is 10.1 Å². The topological polar surface area (TPSA) is 45.2 Å². The highest BCUT2D eigenvalue weighted by molar-refractivity contribution is 5.60. The van der Waals surface area contributed by atoms with E-state index in [0.717, 1.165) is 13.1 Å². The van der Waals surface area contributed by atoms with Gasteiger partial charge in [-0.05, 0) is 12.1 Å². The van der Waals surface area contributed by atoms with Crippen LogP contribution in [0, 0.1) is 5.82 Å². The van der Waals surface area contributed by atoms with E-state index < -0.39 is 6.10 Å². The molecule has 0 amide bonds. The minimum Gasteiger partial charge on any atom is -0.489 e. The minimum absolute atomic E-state index is 0.300. The Hall–Kier alpha value is -1.37. The summed E-state index contributed by atoms with van der Waals surface area (Å²) < 4.78 is 24.8. The quantitative estimate of drug-likeness (QED) is 0.887. The van der Waals surface area contributed by atoms with Crippen LogP contribution in [0.3, 0.4) is 0 Å². The van der Waals surface area contributed by atoms with Gasteiger partial charge in [-0.2, -0.15) is 0 Å². The van der Waals surface area contributed by atoms with E-state index in [4.69, 9.17) is 9.47 Å². The Labute approximate surface area is 123 Å². The van der Waals surface area contributed by atoms with Gasteiger partial charge in [0.1, 0.15) is 23.9 Å². The Morgan fingerprint density at radius 2 is 1.95 bits per heavy atom. The molecule has 1 aromatic rings. The number of para-hydroxylation sites is 1. The predicted molar refractivity (Wildman–Crippen MR) is 77.4 cm³/mol. The molecule has 2 aliphatic rings. The number of hydrogen-bond donors (Lipinski definition) is 1. The first kappa shape index (κ1) is 14.6. The van der Waals surface area contributed by atoms with Crippen molar-refractivity contribution in [3.05, 3.63) is 24.0 Å². The molecule has 6 heteroatoms. The number of halogens is 1. The lowest BCUT2D eigenvalue weighted by molar-refractivity contribution is 0.0159. The first-order valence-corrected chi connectivity index (χ1v) is 7.38. The Balaban J connectivity index is 1.63. The van der Waals surface area contributed by atoms with Crippen LogP contribution in [-0.2, 0) is 4.74 Å². The minimum atomic E-state index is -0.520. The summed E-state index contributed by atoms with van der Waals surface area (Å²) in [7, 11) is 0. The molecule has 1 atom stereocenters. The van der Waals surface area contributed by atoms with E-state index in [1.54, 1.807) is 12.1 Å². The van der Waals surface area contributed by atoms with Gasteiger partial charge in [-0.15, -0.1) is 0 Å². The Bertz CT molecular complexity index is 480. The average molecular weight is 296 g/mol. The second-order valence-electron chi connectivity index (χ2n) is 5.45. The van der Waals surface area contributed by atoms with Crippen LogP contribution in [0.25, 0.3) is 0 Å². The van der Waals surface area contributed by atoms with Crippen LogP contribution in [-0.4, -0.2) is 68.7 Å². The maximum Gasteiger partial charge on any atom is 0.150 e. The number of benzene rings is 1. The maximum atomic E-state index is 14.0. The lowest BCUT2D eigenvalue weighted by Crippen LogP contribution is -2.46.